The third-order valence-corrected chi connectivity index (χ3v) is 4.74. The fourth-order valence-electron chi connectivity index (χ4n) is 3.50. The zero-order valence-electron chi connectivity index (χ0n) is 13.5. The van der Waals surface area contributed by atoms with Crippen molar-refractivity contribution in [2.75, 3.05) is 33.3 Å². The van der Waals surface area contributed by atoms with Crippen molar-refractivity contribution in [3.8, 4) is 0 Å². The number of benzene rings is 1. The molecule has 0 saturated carbocycles. The van der Waals surface area contributed by atoms with Crippen molar-refractivity contribution >= 4 is 5.96 Å². The lowest BCUT2D eigenvalue weighted by atomic mass is 9.99. The van der Waals surface area contributed by atoms with Gasteiger partial charge in [-0.15, -0.1) is 0 Å². The smallest absolute Gasteiger partial charge is 0.193 e. The van der Waals surface area contributed by atoms with E-state index in [1.807, 2.05) is 7.05 Å². The largest absolute Gasteiger partial charge is 0.378 e. The lowest BCUT2D eigenvalue weighted by Gasteiger charge is -2.22. The van der Waals surface area contributed by atoms with E-state index in [4.69, 9.17) is 4.74 Å². The SMILES string of the molecule is CN=C(NCCC1CCCO1)N1CCC(c2ccccc2)C1. The van der Waals surface area contributed by atoms with Crippen LogP contribution in [0.15, 0.2) is 35.3 Å². The predicted octanol–water partition coefficient (Wildman–Crippen LogP) is 2.62. The minimum absolute atomic E-state index is 0.446. The van der Waals surface area contributed by atoms with Gasteiger partial charge in [-0.1, -0.05) is 30.3 Å². The van der Waals surface area contributed by atoms with Crippen molar-refractivity contribution in [1.29, 1.82) is 0 Å². The maximum absolute atomic E-state index is 5.68. The first-order chi connectivity index (χ1) is 10.9. The molecule has 0 amide bonds. The second-order valence-electron chi connectivity index (χ2n) is 6.24. The summed E-state index contributed by atoms with van der Waals surface area (Å²) in [5.74, 6) is 1.66. The summed E-state index contributed by atoms with van der Waals surface area (Å²) in [5, 5.41) is 3.51. The van der Waals surface area contributed by atoms with Gasteiger partial charge in [-0.3, -0.25) is 4.99 Å². The minimum atomic E-state index is 0.446. The first kappa shape index (κ1) is 15.3. The Balaban J connectivity index is 1.47. The number of likely N-dealkylation sites (tertiary alicyclic amines) is 1. The number of ether oxygens (including phenoxy) is 1. The highest BCUT2D eigenvalue weighted by atomic mass is 16.5. The number of hydrogen-bond donors (Lipinski definition) is 1. The second kappa shape index (κ2) is 7.63. The number of hydrogen-bond acceptors (Lipinski definition) is 2. The third kappa shape index (κ3) is 3.80. The summed E-state index contributed by atoms with van der Waals surface area (Å²) in [6, 6.07) is 10.8. The van der Waals surface area contributed by atoms with Crippen LogP contribution in [0.1, 0.15) is 37.2 Å². The van der Waals surface area contributed by atoms with Crippen molar-refractivity contribution in [3.63, 3.8) is 0 Å². The van der Waals surface area contributed by atoms with Gasteiger partial charge in [0.2, 0.25) is 0 Å². The summed E-state index contributed by atoms with van der Waals surface area (Å²) in [5.41, 5.74) is 1.44. The van der Waals surface area contributed by atoms with Crippen LogP contribution in [0.5, 0.6) is 0 Å². The highest BCUT2D eigenvalue weighted by Gasteiger charge is 2.26. The van der Waals surface area contributed by atoms with Gasteiger partial charge in [0.1, 0.15) is 0 Å². The molecule has 2 aliphatic rings. The van der Waals surface area contributed by atoms with Gasteiger partial charge < -0.3 is 15.0 Å². The van der Waals surface area contributed by atoms with Gasteiger partial charge in [0.25, 0.3) is 0 Å². The van der Waals surface area contributed by atoms with E-state index < -0.39 is 0 Å². The Morgan fingerprint density at radius 3 is 2.91 bits per heavy atom. The van der Waals surface area contributed by atoms with Crippen LogP contribution in [-0.4, -0.2) is 50.3 Å². The van der Waals surface area contributed by atoms with Crippen LogP contribution < -0.4 is 5.32 Å². The van der Waals surface area contributed by atoms with Gasteiger partial charge in [0.15, 0.2) is 5.96 Å². The Morgan fingerprint density at radius 2 is 2.18 bits per heavy atom. The standard InChI is InChI=1S/C18H27N3O/c1-19-18(20-11-9-17-8-5-13-22-17)21-12-10-16(14-21)15-6-3-2-4-7-15/h2-4,6-7,16-17H,5,8-14H2,1H3,(H,19,20). The van der Waals surface area contributed by atoms with Crippen LogP contribution in [0.2, 0.25) is 0 Å². The molecule has 4 heteroatoms. The molecule has 2 aliphatic heterocycles. The average Bonchev–Trinajstić information content (AvgIpc) is 3.24. The topological polar surface area (TPSA) is 36.9 Å². The zero-order chi connectivity index (χ0) is 15.2. The van der Waals surface area contributed by atoms with Crippen molar-refractivity contribution in [3.05, 3.63) is 35.9 Å². The van der Waals surface area contributed by atoms with Crippen molar-refractivity contribution in [2.45, 2.75) is 37.7 Å². The number of guanidine groups is 1. The van der Waals surface area contributed by atoms with Crippen LogP contribution in [0.3, 0.4) is 0 Å². The molecule has 0 aromatic heterocycles. The van der Waals surface area contributed by atoms with E-state index in [1.165, 1.54) is 24.8 Å². The van der Waals surface area contributed by atoms with Gasteiger partial charge in [-0.25, -0.2) is 0 Å². The highest BCUT2D eigenvalue weighted by Crippen LogP contribution is 2.26. The fraction of sp³-hybridized carbons (Fsp3) is 0.611. The molecular formula is C18H27N3O. The molecule has 2 unspecified atom stereocenters. The van der Waals surface area contributed by atoms with Crippen molar-refractivity contribution in [1.82, 2.24) is 10.2 Å². The van der Waals surface area contributed by atoms with E-state index >= 15 is 0 Å². The zero-order valence-corrected chi connectivity index (χ0v) is 13.5. The van der Waals surface area contributed by atoms with Crippen molar-refractivity contribution in [2.24, 2.45) is 4.99 Å². The summed E-state index contributed by atoms with van der Waals surface area (Å²) in [6.45, 7) is 4.02. The molecule has 0 aliphatic carbocycles. The van der Waals surface area contributed by atoms with Crippen LogP contribution in [0.25, 0.3) is 0 Å². The summed E-state index contributed by atoms with van der Waals surface area (Å²) < 4.78 is 5.68. The molecule has 2 atom stereocenters. The maximum Gasteiger partial charge on any atom is 0.193 e. The van der Waals surface area contributed by atoms with Gasteiger partial charge in [-0.2, -0.15) is 0 Å². The number of nitrogens with one attached hydrogen (secondary N) is 1. The number of nitrogens with zero attached hydrogens (tertiary/aromatic N) is 2. The van der Waals surface area contributed by atoms with Crippen LogP contribution >= 0.6 is 0 Å². The average molecular weight is 301 g/mol. The normalized spacial score (nSPS) is 25.7. The summed E-state index contributed by atoms with van der Waals surface area (Å²) in [7, 11) is 1.88. The van der Waals surface area contributed by atoms with E-state index in [0.717, 1.165) is 38.6 Å². The molecule has 1 aromatic carbocycles. The molecular weight excluding hydrogens is 274 g/mol. The summed E-state index contributed by atoms with van der Waals surface area (Å²) in [6.07, 6.45) is 5.15. The number of rotatable bonds is 4. The van der Waals surface area contributed by atoms with E-state index in [2.05, 4.69) is 45.5 Å². The van der Waals surface area contributed by atoms with E-state index in [0.29, 0.717) is 12.0 Å². The molecule has 1 aromatic rings. The maximum atomic E-state index is 5.68. The monoisotopic (exact) mass is 301 g/mol. The van der Waals surface area contributed by atoms with E-state index in [-0.39, 0.29) is 0 Å². The molecule has 0 bridgehead atoms. The van der Waals surface area contributed by atoms with E-state index in [9.17, 15) is 0 Å². The highest BCUT2D eigenvalue weighted by molar-refractivity contribution is 5.80. The molecule has 3 rings (SSSR count). The molecule has 22 heavy (non-hydrogen) atoms. The van der Waals surface area contributed by atoms with Crippen LogP contribution in [0.4, 0.5) is 0 Å². The van der Waals surface area contributed by atoms with Crippen LogP contribution in [0, 0.1) is 0 Å². The second-order valence-corrected chi connectivity index (χ2v) is 6.24. The Labute approximate surface area is 133 Å². The minimum Gasteiger partial charge on any atom is -0.378 e. The Hall–Kier alpha value is -1.55. The lowest BCUT2D eigenvalue weighted by molar-refractivity contribution is 0.105. The van der Waals surface area contributed by atoms with Crippen LogP contribution in [-0.2, 0) is 4.74 Å². The Morgan fingerprint density at radius 1 is 1.32 bits per heavy atom. The predicted molar refractivity (Wildman–Crippen MR) is 90.3 cm³/mol. The first-order valence-corrected chi connectivity index (χ1v) is 8.49. The van der Waals surface area contributed by atoms with Gasteiger partial charge in [0.05, 0.1) is 6.10 Å². The molecule has 2 heterocycles. The quantitative estimate of drug-likeness (QED) is 0.686. The summed E-state index contributed by atoms with van der Waals surface area (Å²) >= 11 is 0. The molecule has 120 valence electrons. The van der Waals surface area contributed by atoms with Crippen molar-refractivity contribution < 1.29 is 4.74 Å². The summed E-state index contributed by atoms with van der Waals surface area (Å²) in [4.78, 5) is 6.84. The number of aliphatic imine (C=N–C) groups is 1. The molecule has 2 saturated heterocycles. The van der Waals surface area contributed by atoms with Gasteiger partial charge in [-0.05, 0) is 31.2 Å². The molecule has 1 N–H and O–H groups in total. The molecule has 0 spiro atoms. The first-order valence-electron chi connectivity index (χ1n) is 8.49. The fourth-order valence-corrected chi connectivity index (χ4v) is 3.50. The third-order valence-electron chi connectivity index (χ3n) is 4.74. The van der Waals surface area contributed by atoms with Gasteiger partial charge in [0, 0.05) is 39.2 Å². The van der Waals surface area contributed by atoms with Gasteiger partial charge >= 0.3 is 0 Å². The Bertz CT molecular complexity index is 482. The molecule has 0 radical (unpaired) electrons. The van der Waals surface area contributed by atoms with E-state index in [1.54, 1.807) is 0 Å². The Kier molecular flexibility index (Phi) is 5.33. The lowest BCUT2D eigenvalue weighted by Crippen LogP contribution is -2.41. The molecule has 2 fully saturated rings. The molecule has 4 nitrogen and oxygen atoms in total.